The number of H-pyrrole nitrogens is 1. The average Bonchev–Trinajstić information content (AvgIpc) is 2.59. The average molecular weight is 348 g/mol. The molecule has 0 radical (unpaired) electrons. The monoisotopic (exact) mass is 348 g/mol. The molecule has 1 atom stereocenters. The first kappa shape index (κ1) is 17.7. The number of carbonyl (C=O) groups excluding carboxylic acids is 1. The summed E-state index contributed by atoms with van der Waals surface area (Å²) in [5.41, 5.74) is 5.35. The lowest BCUT2D eigenvalue weighted by Crippen LogP contribution is -2.49. The molecule has 3 N–H and O–H groups in total. The van der Waals surface area contributed by atoms with Crippen molar-refractivity contribution in [3.8, 4) is 0 Å². The Morgan fingerprint density at radius 2 is 2.08 bits per heavy atom. The third kappa shape index (κ3) is 4.72. The van der Waals surface area contributed by atoms with Crippen LogP contribution in [0.3, 0.4) is 0 Å². The molecule has 1 amide bonds. The lowest BCUT2D eigenvalue weighted by molar-refractivity contribution is -0.131. The Balaban J connectivity index is 1.46. The third-order valence-electron chi connectivity index (χ3n) is 5.19. The molecule has 8 nitrogen and oxygen atoms in total. The van der Waals surface area contributed by atoms with Gasteiger partial charge < -0.3 is 20.4 Å². The Labute approximate surface area is 148 Å². The smallest absolute Gasteiger partial charge is 0.254 e. The molecule has 0 saturated carbocycles. The molecule has 8 heteroatoms. The highest BCUT2D eigenvalue weighted by Gasteiger charge is 2.24. The Morgan fingerprint density at radius 1 is 1.32 bits per heavy atom. The number of hydrogen-bond donors (Lipinski definition) is 2. The van der Waals surface area contributed by atoms with E-state index in [-0.39, 0.29) is 17.4 Å². The number of rotatable bonds is 4. The number of piperazine rings is 1. The minimum absolute atomic E-state index is 0.124. The van der Waals surface area contributed by atoms with E-state index in [1.807, 2.05) is 9.80 Å². The van der Waals surface area contributed by atoms with Crippen LogP contribution in [-0.2, 0) is 4.79 Å². The topological polar surface area (TPSA) is 98.6 Å². The van der Waals surface area contributed by atoms with Crippen molar-refractivity contribution in [3.05, 3.63) is 16.4 Å². The zero-order valence-electron chi connectivity index (χ0n) is 14.9. The van der Waals surface area contributed by atoms with Crippen LogP contribution in [0, 0.1) is 5.92 Å². The zero-order chi connectivity index (χ0) is 17.8. The molecule has 2 aliphatic heterocycles. The Morgan fingerprint density at radius 3 is 2.76 bits per heavy atom. The molecule has 0 aromatic carbocycles. The summed E-state index contributed by atoms with van der Waals surface area (Å²) >= 11 is 0. The molecule has 1 unspecified atom stereocenters. The summed E-state index contributed by atoms with van der Waals surface area (Å²) in [6.45, 7) is 4.96. The first-order valence-corrected chi connectivity index (χ1v) is 9.09. The molecule has 1 aromatic rings. The van der Waals surface area contributed by atoms with Crippen LogP contribution in [0.1, 0.15) is 25.7 Å². The van der Waals surface area contributed by atoms with Crippen LogP contribution in [0.15, 0.2) is 10.9 Å². The van der Waals surface area contributed by atoms with Crippen LogP contribution in [0.4, 0.5) is 11.8 Å². The molecule has 2 fully saturated rings. The Bertz CT molecular complexity index is 653. The summed E-state index contributed by atoms with van der Waals surface area (Å²) in [4.78, 5) is 36.9. The van der Waals surface area contributed by atoms with E-state index in [0.29, 0.717) is 44.3 Å². The van der Waals surface area contributed by atoms with Crippen molar-refractivity contribution in [2.75, 3.05) is 56.9 Å². The van der Waals surface area contributed by atoms with Gasteiger partial charge in [-0.3, -0.25) is 14.6 Å². The molecule has 3 heterocycles. The number of nitrogen functional groups attached to an aromatic ring is 1. The summed E-state index contributed by atoms with van der Waals surface area (Å²) in [5.74, 6) is 1.59. The van der Waals surface area contributed by atoms with Gasteiger partial charge in [0.05, 0.1) is 0 Å². The van der Waals surface area contributed by atoms with Crippen molar-refractivity contribution in [2.45, 2.75) is 25.7 Å². The van der Waals surface area contributed by atoms with Gasteiger partial charge in [-0.15, -0.1) is 0 Å². The lowest BCUT2D eigenvalue weighted by atomic mass is 9.93. The maximum atomic E-state index is 12.5. The number of aromatic nitrogens is 2. The molecular weight excluding hydrogens is 320 g/mol. The fourth-order valence-corrected chi connectivity index (χ4v) is 3.80. The highest BCUT2D eigenvalue weighted by atomic mass is 16.2. The summed E-state index contributed by atoms with van der Waals surface area (Å²) in [5, 5.41) is 0. The number of anilines is 2. The van der Waals surface area contributed by atoms with Gasteiger partial charge in [-0.05, 0) is 38.8 Å². The maximum absolute atomic E-state index is 12.5. The standard InChI is InChI=1S/C17H28N6O2/c1-21-6-2-3-13(12-21)4-5-16(25)23-9-7-22(8-10-23)14-11-15(24)20-17(18)19-14/h11,13H,2-10,12H2,1H3,(H3,18,19,20,24). The third-order valence-corrected chi connectivity index (χ3v) is 5.19. The van der Waals surface area contributed by atoms with Gasteiger partial charge in [-0.2, -0.15) is 4.98 Å². The van der Waals surface area contributed by atoms with Crippen molar-refractivity contribution < 1.29 is 4.79 Å². The van der Waals surface area contributed by atoms with Crippen LogP contribution < -0.4 is 16.2 Å². The number of likely N-dealkylation sites (tertiary alicyclic amines) is 1. The van der Waals surface area contributed by atoms with Crippen LogP contribution >= 0.6 is 0 Å². The highest BCUT2D eigenvalue weighted by Crippen LogP contribution is 2.21. The molecule has 138 valence electrons. The molecule has 1 aromatic heterocycles. The minimum atomic E-state index is -0.251. The zero-order valence-corrected chi connectivity index (χ0v) is 14.9. The molecule has 0 bridgehead atoms. The largest absolute Gasteiger partial charge is 0.369 e. The predicted octanol–water partition coefficient (Wildman–Crippen LogP) is 0.123. The Kier molecular flexibility index (Phi) is 5.57. The SMILES string of the molecule is CN1CCCC(CCC(=O)N2CCN(c3cc(=O)[nH]c(N)n3)CC2)C1. The van der Waals surface area contributed by atoms with Gasteiger partial charge in [0.1, 0.15) is 5.82 Å². The number of hydrogen-bond acceptors (Lipinski definition) is 6. The van der Waals surface area contributed by atoms with Gasteiger partial charge in [-0.1, -0.05) is 0 Å². The van der Waals surface area contributed by atoms with Gasteiger partial charge in [-0.25, -0.2) is 0 Å². The van der Waals surface area contributed by atoms with Crippen LogP contribution in [0.25, 0.3) is 0 Å². The molecule has 0 aliphatic carbocycles. The lowest BCUT2D eigenvalue weighted by Gasteiger charge is -2.36. The number of nitrogens with two attached hydrogens (primary N) is 1. The molecule has 3 rings (SSSR count). The van der Waals surface area contributed by atoms with Crippen molar-refractivity contribution in [2.24, 2.45) is 5.92 Å². The van der Waals surface area contributed by atoms with Gasteiger partial charge in [0.15, 0.2) is 0 Å². The van der Waals surface area contributed by atoms with Gasteiger partial charge in [0.2, 0.25) is 11.9 Å². The fourth-order valence-electron chi connectivity index (χ4n) is 3.80. The van der Waals surface area contributed by atoms with Gasteiger partial charge >= 0.3 is 0 Å². The molecule has 0 spiro atoms. The van der Waals surface area contributed by atoms with E-state index in [0.717, 1.165) is 13.0 Å². The van der Waals surface area contributed by atoms with E-state index in [1.54, 1.807) is 0 Å². The quantitative estimate of drug-likeness (QED) is 0.802. The minimum Gasteiger partial charge on any atom is -0.369 e. The number of nitrogens with zero attached hydrogens (tertiary/aromatic N) is 4. The first-order chi connectivity index (χ1) is 12.0. The second-order valence-electron chi connectivity index (χ2n) is 7.17. The normalized spacial score (nSPS) is 22.2. The van der Waals surface area contributed by atoms with Gasteiger partial charge in [0, 0.05) is 45.2 Å². The molecular formula is C17H28N6O2. The van der Waals surface area contributed by atoms with Crippen molar-refractivity contribution >= 4 is 17.7 Å². The summed E-state index contributed by atoms with van der Waals surface area (Å²) in [6, 6.07) is 1.45. The predicted molar refractivity (Wildman–Crippen MR) is 97.5 cm³/mol. The van der Waals surface area contributed by atoms with E-state index in [4.69, 9.17) is 5.73 Å². The van der Waals surface area contributed by atoms with E-state index >= 15 is 0 Å². The molecule has 2 saturated heterocycles. The van der Waals surface area contributed by atoms with Crippen molar-refractivity contribution in [1.82, 2.24) is 19.8 Å². The number of nitrogens with one attached hydrogen (secondary N) is 1. The van der Waals surface area contributed by atoms with E-state index in [1.165, 1.54) is 25.5 Å². The summed E-state index contributed by atoms with van der Waals surface area (Å²) in [7, 11) is 2.16. The van der Waals surface area contributed by atoms with Crippen molar-refractivity contribution in [1.29, 1.82) is 0 Å². The number of amides is 1. The second-order valence-corrected chi connectivity index (χ2v) is 7.17. The molecule has 2 aliphatic rings. The number of piperidine rings is 1. The van der Waals surface area contributed by atoms with Crippen molar-refractivity contribution in [3.63, 3.8) is 0 Å². The molecule has 25 heavy (non-hydrogen) atoms. The summed E-state index contributed by atoms with van der Waals surface area (Å²) in [6.07, 6.45) is 4.09. The number of carbonyl (C=O) groups is 1. The maximum Gasteiger partial charge on any atom is 0.254 e. The van der Waals surface area contributed by atoms with Crippen LogP contribution in [-0.4, -0.2) is 72.0 Å². The summed E-state index contributed by atoms with van der Waals surface area (Å²) < 4.78 is 0. The fraction of sp³-hybridized carbons (Fsp3) is 0.706. The Hall–Kier alpha value is -2.09. The van der Waals surface area contributed by atoms with E-state index < -0.39 is 0 Å². The van der Waals surface area contributed by atoms with Crippen LogP contribution in [0.2, 0.25) is 0 Å². The van der Waals surface area contributed by atoms with E-state index in [2.05, 4.69) is 21.9 Å². The number of aromatic amines is 1. The van der Waals surface area contributed by atoms with E-state index in [9.17, 15) is 9.59 Å². The second kappa shape index (κ2) is 7.86. The van der Waals surface area contributed by atoms with Gasteiger partial charge in [0.25, 0.3) is 5.56 Å². The van der Waals surface area contributed by atoms with Crippen LogP contribution in [0.5, 0.6) is 0 Å². The highest BCUT2D eigenvalue weighted by molar-refractivity contribution is 5.76. The first-order valence-electron chi connectivity index (χ1n) is 9.09.